The lowest BCUT2D eigenvalue weighted by Gasteiger charge is -2.41. The Labute approximate surface area is 148 Å². The number of carbonyl (C=O) groups excluding carboxylic acids is 1. The number of carbonyl (C=O) groups is 1. The quantitative estimate of drug-likeness (QED) is 0.907. The van der Waals surface area contributed by atoms with Crippen LogP contribution in [0.2, 0.25) is 0 Å². The Balaban J connectivity index is 1.79. The molecule has 1 aliphatic rings. The summed E-state index contributed by atoms with van der Waals surface area (Å²) in [5.41, 5.74) is 1.19. The van der Waals surface area contributed by atoms with Crippen LogP contribution in [0.5, 0.6) is 5.75 Å². The van der Waals surface area contributed by atoms with Gasteiger partial charge in [0.05, 0.1) is 18.7 Å². The van der Waals surface area contributed by atoms with E-state index in [4.69, 9.17) is 4.74 Å². The van der Waals surface area contributed by atoms with E-state index in [0.29, 0.717) is 6.54 Å². The first kappa shape index (κ1) is 17.5. The van der Waals surface area contributed by atoms with E-state index in [1.54, 1.807) is 13.1 Å². The summed E-state index contributed by atoms with van der Waals surface area (Å²) >= 11 is 0. The Morgan fingerprint density at radius 1 is 1.32 bits per heavy atom. The lowest BCUT2D eigenvalue weighted by molar-refractivity contribution is -0.132. The third-order valence-electron chi connectivity index (χ3n) is 4.48. The SMILES string of the molecule is CC(=O)N1CCN(Cc2ncc[nH]2)[C@@H](c2ccc(OC(C)C)cc2)C1. The first-order valence-electron chi connectivity index (χ1n) is 8.77. The maximum atomic E-state index is 11.8. The Morgan fingerprint density at radius 3 is 2.68 bits per heavy atom. The maximum Gasteiger partial charge on any atom is 0.219 e. The summed E-state index contributed by atoms with van der Waals surface area (Å²) in [6.07, 6.45) is 3.77. The summed E-state index contributed by atoms with van der Waals surface area (Å²) in [4.78, 5) is 23.6. The van der Waals surface area contributed by atoms with Gasteiger partial charge in [0, 0.05) is 39.0 Å². The van der Waals surface area contributed by atoms with Crippen molar-refractivity contribution in [1.29, 1.82) is 0 Å². The van der Waals surface area contributed by atoms with Crippen molar-refractivity contribution >= 4 is 5.91 Å². The second-order valence-corrected chi connectivity index (χ2v) is 6.72. The predicted octanol–water partition coefficient (Wildman–Crippen LogP) is 2.60. The topological polar surface area (TPSA) is 61.5 Å². The van der Waals surface area contributed by atoms with Crippen LogP contribution in [0.4, 0.5) is 0 Å². The third-order valence-corrected chi connectivity index (χ3v) is 4.48. The Hall–Kier alpha value is -2.34. The molecular formula is C19H26N4O2. The van der Waals surface area contributed by atoms with Gasteiger partial charge in [-0.3, -0.25) is 9.69 Å². The van der Waals surface area contributed by atoms with Gasteiger partial charge in [0.2, 0.25) is 5.91 Å². The largest absolute Gasteiger partial charge is 0.491 e. The fourth-order valence-corrected chi connectivity index (χ4v) is 3.23. The van der Waals surface area contributed by atoms with Crippen LogP contribution < -0.4 is 4.74 Å². The molecule has 2 heterocycles. The van der Waals surface area contributed by atoms with E-state index < -0.39 is 0 Å². The first-order chi connectivity index (χ1) is 12.0. The highest BCUT2D eigenvalue weighted by atomic mass is 16.5. The fraction of sp³-hybridized carbons (Fsp3) is 0.474. The number of imidazole rings is 1. The second kappa shape index (κ2) is 7.70. The number of H-pyrrole nitrogens is 1. The summed E-state index contributed by atoms with van der Waals surface area (Å²) in [5, 5.41) is 0. The number of aromatic nitrogens is 2. The molecule has 1 amide bonds. The summed E-state index contributed by atoms with van der Waals surface area (Å²) in [6, 6.07) is 8.36. The minimum atomic E-state index is 0.127. The van der Waals surface area contributed by atoms with Crippen LogP contribution in [0.15, 0.2) is 36.7 Å². The molecule has 134 valence electrons. The van der Waals surface area contributed by atoms with Crippen LogP contribution in [-0.2, 0) is 11.3 Å². The number of hydrogen-bond donors (Lipinski definition) is 1. The molecule has 0 radical (unpaired) electrons. The van der Waals surface area contributed by atoms with E-state index in [1.807, 2.05) is 37.1 Å². The smallest absolute Gasteiger partial charge is 0.219 e. The van der Waals surface area contributed by atoms with Gasteiger partial charge in [-0.15, -0.1) is 0 Å². The average Bonchev–Trinajstić information content (AvgIpc) is 3.08. The molecule has 0 spiro atoms. The molecule has 2 aromatic rings. The first-order valence-corrected chi connectivity index (χ1v) is 8.77. The molecule has 25 heavy (non-hydrogen) atoms. The molecule has 1 N–H and O–H groups in total. The Kier molecular flexibility index (Phi) is 5.38. The van der Waals surface area contributed by atoms with Crippen molar-refractivity contribution in [3.63, 3.8) is 0 Å². The van der Waals surface area contributed by atoms with E-state index in [2.05, 4.69) is 27.0 Å². The number of benzene rings is 1. The highest BCUT2D eigenvalue weighted by Crippen LogP contribution is 2.28. The van der Waals surface area contributed by atoms with Crippen molar-refractivity contribution in [2.24, 2.45) is 0 Å². The minimum absolute atomic E-state index is 0.127. The number of nitrogens with one attached hydrogen (secondary N) is 1. The molecule has 1 fully saturated rings. The van der Waals surface area contributed by atoms with Gasteiger partial charge in [-0.25, -0.2) is 4.98 Å². The monoisotopic (exact) mass is 342 g/mol. The number of ether oxygens (including phenoxy) is 1. The highest BCUT2D eigenvalue weighted by Gasteiger charge is 2.29. The number of amides is 1. The lowest BCUT2D eigenvalue weighted by atomic mass is 10.0. The molecular weight excluding hydrogens is 316 g/mol. The summed E-state index contributed by atoms with van der Waals surface area (Å²) in [6.45, 7) is 8.69. The van der Waals surface area contributed by atoms with E-state index in [1.165, 1.54) is 5.56 Å². The predicted molar refractivity (Wildman–Crippen MR) is 96.2 cm³/mol. The van der Waals surface area contributed by atoms with Crippen LogP contribution >= 0.6 is 0 Å². The molecule has 1 aliphatic heterocycles. The van der Waals surface area contributed by atoms with E-state index in [0.717, 1.165) is 31.2 Å². The minimum Gasteiger partial charge on any atom is -0.491 e. The molecule has 1 atom stereocenters. The standard InChI is InChI=1S/C19H26N4O2/c1-14(2)25-17-6-4-16(5-7-17)18-12-22(15(3)24)10-11-23(18)13-19-20-8-9-21-19/h4-9,14,18H,10-13H2,1-3H3,(H,20,21)/t18-/m1/s1. The van der Waals surface area contributed by atoms with Crippen molar-refractivity contribution in [2.45, 2.75) is 39.5 Å². The van der Waals surface area contributed by atoms with Gasteiger partial charge in [0.1, 0.15) is 11.6 Å². The van der Waals surface area contributed by atoms with Gasteiger partial charge in [-0.2, -0.15) is 0 Å². The molecule has 0 unspecified atom stereocenters. The second-order valence-electron chi connectivity index (χ2n) is 6.72. The zero-order chi connectivity index (χ0) is 17.8. The Bertz CT molecular complexity index is 682. The van der Waals surface area contributed by atoms with E-state index in [-0.39, 0.29) is 18.1 Å². The third kappa shape index (κ3) is 4.39. The molecule has 1 aromatic carbocycles. The lowest BCUT2D eigenvalue weighted by Crippen LogP contribution is -2.49. The summed E-state index contributed by atoms with van der Waals surface area (Å²) in [5.74, 6) is 1.94. The van der Waals surface area contributed by atoms with Crippen molar-refractivity contribution in [3.05, 3.63) is 48.0 Å². The van der Waals surface area contributed by atoms with Crippen LogP contribution in [0.25, 0.3) is 0 Å². The number of aromatic amines is 1. The fourth-order valence-electron chi connectivity index (χ4n) is 3.23. The summed E-state index contributed by atoms with van der Waals surface area (Å²) < 4.78 is 5.73. The molecule has 0 aliphatic carbocycles. The van der Waals surface area contributed by atoms with Gasteiger partial charge in [-0.05, 0) is 31.5 Å². The highest BCUT2D eigenvalue weighted by molar-refractivity contribution is 5.73. The average molecular weight is 342 g/mol. The van der Waals surface area contributed by atoms with Crippen molar-refractivity contribution in [3.8, 4) is 5.75 Å². The van der Waals surface area contributed by atoms with Crippen LogP contribution in [0.3, 0.4) is 0 Å². The number of rotatable bonds is 5. The number of hydrogen-bond acceptors (Lipinski definition) is 4. The molecule has 1 saturated heterocycles. The van der Waals surface area contributed by atoms with E-state index >= 15 is 0 Å². The summed E-state index contributed by atoms with van der Waals surface area (Å²) in [7, 11) is 0. The molecule has 6 nitrogen and oxygen atoms in total. The van der Waals surface area contributed by atoms with Gasteiger partial charge in [0.15, 0.2) is 0 Å². The molecule has 3 rings (SSSR count). The number of nitrogens with zero attached hydrogens (tertiary/aromatic N) is 3. The van der Waals surface area contributed by atoms with Gasteiger partial charge >= 0.3 is 0 Å². The molecule has 0 saturated carbocycles. The van der Waals surface area contributed by atoms with Gasteiger partial charge in [0.25, 0.3) is 0 Å². The van der Waals surface area contributed by atoms with Crippen molar-refractivity contribution in [1.82, 2.24) is 19.8 Å². The zero-order valence-electron chi connectivity index (χ0n) is 15.1. The van der Waals surface area contributed by atoms with Crippen molar-refractivity contribution < 1.29 is 9.53 Å². The van der Waals surface area contributed by atoms with Crippen LogP contribution in [0, 0.1) is 0 Å². The molecule has 0 bridgehead atoms. The van der Waals surface area contributed by atoms with Crippen LogP contribution in [-0.4, -0.2) is 51.4 Å². The van der Waals surface area contributed by atoms with E-state index in [9.17, 15) is 4.79 Å². The zero-order valence-corrected chi connectivity index (χ0v) is 15.1. The van der Waals surface area contributed by atoms with Gasteiger partial charge in [-0.1, -0.05) is 12.1 Å². The maximum absolute atomic E-state index is 11.8. The normalized spacial score (nSPS) is 18.6. The molecule has 6 heteroatoms. The van der Waals surface area contributed by atoms with Crippen molar-refractivity contribution in [2.75, 3.05) is 19.6 Å². The van der Waals surface area contributed by atoms with Gasteiger partial charge < -0.3 is 14.6 Å². The number of piperazine rings is 1. The molecule has 1 aromatic heterocycles. The van der Waals surface area contributed by atoms with Crippen LogP contribution in [0.1, 0.15) is 38.2 Å². The Morgan fingerprint density at radius 2 is 2.08 bits per heavy atom.